The van der Waals surface area contributed by atoms with Gasteiger partial charge in [-0.15, -0.1) is 0 Å². The number of halogens is 1. The Labute approximate surface area is 126 Å². The first-order valence-electron chi connectivity index (χ1n) is 6.14. The summed E-state index contributed by atoms with van der Waals surface area (Å²) in [6.07, 6.45) is 1.65. The molecule has 0 radical (unpaired) electrons. The highest BCUT2D eigenvalue weighted by atomic mass is 79.9. The smallest absolute Gasteiger partial charge is 0.252 e. The van der Waals surface area contributed by atoms with Gasteiger partial charge in [-0.1, -0.05) is 17.7 Å². The molecule has 2 aromatic rings. The topological polar surface area (TPSA) is 51.2 Å². The van der Waals surface area contributed by atoms with Crippen molar-refractivity contribution in [3.05, 3.63) is 57.7 Å². The van der Waals surface area contributed by atoms with Crippen LogP contribution < -0.4 is 10.1 Å². The van der Waals surface area contributed by atoms with Gasteiger partial charge < -0.3 is 10.1 Å². The molecule has 1 aromatic heterocycles. The fourth-order valence-corrected chi connectivity index (χ4v) is 2.25. The van der Waals surface area contributed by atoms with E-state index in [-0.39, 0.29) is 5.91 Å². The van der Waals surface area contributed by atoms with E-state index in [1.54, 1.807) is 13.3 Å². The van der Waals surface area contributed by atoms with Gasteiger partial charge in [0.1, 0.15) is 0 Å². The number of rotatable bonds is 4. The van der Waals surface area contributed by atoms with E-state index in [1.165, 1.54) is 0 Å². The average Bonchev–Trinajstić information content (AvgIpc) is 2.47. The normalized spacial score (nSPS) is 10.2. The van der Waals surface area contributed by atoms with Crippen LogP contribution in [-0.2, 0) is 6.54 Å². The third kappa shape index (κ3) is 3.36. The van der Waals surface area contributed by atoms with E-state index in [4.69, 9.17) is 4.74 Å². The van der Waals surface area contributed by atoms with Crippen LogP contribution in [0, 0.1) is 6.92 Å². The van der Waals surface area contributed by atoms with Crippen molar-refractivity contribution in [2.24, 2.45) is 0 Å². The minimum absolute atomic E-state index is 0.133. The third-order valence-electron chi connectivity index (χ3n) is 2.85. The Morgan fingerprint density at radius 1 is 1.40 bits per heavy atom. The molecule has 2 rings (SSSR count). The molecular formula is C15H15BrN2O2. The van der Waals surface area contributed by atoms with Crippen molar-refractivity contribution in [1.29, 1.82) is 0 Å². The molecule has 0 atom stereocenters. The molecule has 20 heavy (non-hydrogen) atoms. The zero-order valence-corrected chi connectivity index (χ0v) is 12.9. The number of nitrogens with zero attached hydrogens (tertiary/aromatic N) is 1. The second kappa shape index (κ2) is 6.52. The third-order valence-corrected chi connectivity index (χ3v) is 3.54. The van der Waals surface area contributed by atoms with Crippen molar-refractivity contribution in [2.45, 2.75) is 13.5 Å². The summed E-state index contributed by atoms with van der Waals surface area (Å²) in [5, 5.41) is 2.87. The molecule has 104 valence electrons. The minimum atomic E-state index is -0.133. The van der Waals surface area contributed by atoms with E-state index in [1.807, 2.05) is 37.3 Å². The highest BCUT2D eigenvalue weighted by molar-refractivity contribution is 9.10. The van der Waals surface area contributed by atoms with Crippen molar-refractivity contribution in [3.63, 3.8) is 0 Å². The maximum Gasteiger partial charge on any atom is 0.252 e. The summed E-state index contributed by atoms with van der Waals surface area (Å²) >= 11 is 3.39. The van der Waals surface area contributed by atoms with Crippen LogP contribution in [0.15, 0.2) is 41.0 Å². The number of aromatic nitrogens is 1. The van der Waals surface area contributed by atoms with Crippen LogP contribution in [0.3, 0.4) is 0 Å². The fraction of sp³-hybridized carbons (Fsp3) is 0.200. The molecule has 1 aromatic carbocycles. The van der Waals surface area contributed by atoms with Gasteiger partial charge >= 0.3 is 0 Å². The minimum Gasteiger partial charge on any atom is -0.481 e. The highest BCUT2D eigenvalue weighted by Crippen LogP contribution is 2.19. The van der Waals surface area contributed by atoms with Crippen molar-refractivity contribution < 1.29 is 9.53 Å². The molecule has 1 N–H and O–H groups in total. The van der Waals surface area contributed by atoms with Crippen molar-refractivity contribution in [2.75, 3.05) is 7.11 Å². The van der Waals surface area contributed by atoms with Crippen LogP contribution in [0.5, 0.6) is 5.88 Å². The summed E-state index contributed by atoms with van der Waals surface area (Å²) in [6.45, 7) is 2.32. The lowest BCUT2D eigenvalue weighted by atomic mass is 10.1. The summed E-state index contributed by atoms with van der Waals surface area (Å²) in [7, 11) is 1.56. The average molecular weight is 335 g/mol. The van der Waals surface area contributed by atoms with Crippen molar-refractivity contribution >= 4 is 21.8 Å². The Hall–Kier alpha value is -1.88. The lowest BCUT2D eigenvalue weighted by Gasteiger charge is -2.10. The number of nitrogens with one attached hydrogen (secondary N) is 1. The van der Waals surface area contributed by atoms with Crippen LogP contribution in [0.25, 0.3) is 0 Å². The van der Waals surface area contributed by atoms with Crippen LogP contribution in [0.4, 0.5) is 0 Å². The molecule has 0 unspecified atom stereocenters. The van der Waals surface area contributed by atoms with E-state index >= 15 is 0 Å². The lowest BCUT2D eigenvalue weighted by Crippen LogP contribution is -2.23. The summed E-state index contributed by atoms with van der Waals surface area (Å²) in [5.74, 6) is 0.391. The van der Waals surface area contributed by atoms with Crippen molar-refractivity contribution in [3.8, 4) is 5.88 Å². The molecule has 1 heterocycles. The quantitative estimate of drug-likeness (QED) is 0.934. The number of benzene rings is 1. The van der Waals surface area contributed by atoms with E-state index < -0.39 is 0 Å². The molecule has 0 saturated heterocycles. The summed E-state index contributed by atoms with van der Waals surface area (Å²) < 4.78 is 5.93. The highest BCUT2D eigenvalue weighted by Gasteiger charge is 2.11. The van der Waals surface area contributed by atoms with Crippen LogP contribution in [0.1, 0.15) is 21.5 Å². The Balaban J connectivity index is 2.11. The van der Waals surface area contributed by atoms with Crippen LogP contribution in [0.2, 0.25) is 0 Å². The molecule has 0 aliphatic rings. The number of methoxy groups -OCH3 is 1. The van der Waals surface area contributed by atoms with Crippen LogP contribution >= 0.6 is 15.9 Å². The summed E-state index contributed by atoms with van der Waals surface area (Å²) in [4.78, 5) is 16.3. The van der Waals surface area contributed by atoms with Crippen molar-refractivity contribution in [1.82, 2.24) is 10.3 Å². The van der Waals surface area contributed by atoms with E-state index in [2.05, 4.69) is 26.2 Å². The number of pyridine rings is 1. The monoisotopic (exact) mass is 334 g/mol. The maximum atomic E-state index is 12.2. The summed E-state index contributed by atoms with van der Waals surface area (Å²) in [5.41, 5.74) is 2.50. The fourth-order valence-electron chi connectivity index (χ4n) is 1.83. The second-order valence-corrected chi connectivity index (χ2v) is 5.19. The van der Waals surface area contributed by atoms with Gasteiger partial charge in [0.2, 0.25) is 5.88 Å². The van der Waals surface area contributed by atoms with Gasteiger partial charge in [0, 0.05) is 22.8 Å². The Morgan fingerprint density at radius 2 is 2.20 bits per heavy atom. The SMILES string of the molecule is COc1ncccc1CNC(=O)c1cc(C)ccc1Br. The first-order valence-corrected chi connectivity index (χ1v) is 6.93. The Morgan fingerprint density at radius 3 is 2.95 bits per heavy atom. The number of aryl methyl sites for hydroxylation is 1. The first kappa shape index (κ1) is 14.5. The van der Waals surface area contributed by atoms with Gasteiger partial charge in [0.05, 0.1) is 12.7 Å². The molecule has 0 saturated carbocycles. The van der Waals surface area contributed by atoms with Gasteiger partial charge in [0.25, 0.3) is 5.91 Å². The van der Waals surface area contributed by atoms with Gasteiger partial charge in [-0.2, -0.15) is 0 Å². The van der Waals surface area contributed by atoms with E-state index in [0.29, 0.717) is 18.0 Å². The first-order chi connectivity index (χ1) is 9.61. The van der Waals surface area contributed by atoms with Gasteiger partial charge in [-0.05, 0) is 41.1 Å². The molecule has 0 spiro atoms. The zero-order chi connectivity index (χ0) is 14.5. The second-order valence-electron chi connectivity index (χ2n) is 4.34. The van der Waals surface area contributed by atoms with Crippen LogP contribution in [-0.4, -0.2) is 18.0 Å². The summed E-state index contributed by atoms with van der Waals surface area (Å²) in [6, 6.07) is 9.35. The largest absolute Gasteiger partial charge is 0.481 e. The Kier molecular flexibility index (Phi) is 4.74. The number of hydrogen-bond donors (Lipinski definition) is 1. The number of hydrogen-bond acceptors (Lipinski definition) is 3. The van der Waals surface area contributed by atoms with Gasteiger partial charge in [-0.25, -0.2) is 4.98 Å². The molecule has 0 aliphatic heterocycles. The molecule has 0 aliphatic carbocycles. The zero-order valence-electron chi connectivity index (χ0n) is 11.3. The number of carbonyl (C=O) groups is 1. The number of amides is 1. The number of ether oxygens (including phenoxy) is 1. The predicted octanol–water partition coefficient (Wildman–Crippen LogP) is 3.09. The van der Waals surface area contributed by atoms with E-state index in [9.17, 15) is 4.79 Å². The predicted molar refractivity (Wildman–Crippen MR) is 80.8 cm³/mol. The maximum absolute atomic E-state index is 12.2. The number of carbonyl (C=O) groups excluding carboxylic acids is 1. The standard InChI is InChI=1S/C15H15BrN2O2/c1-10-5-6-13(16)12(8-10)14(19)18-9-11-4-3-7-17-15(11)20-2/h3-8H,9H2,1-2H3,(H,18,19). The molecule has 5 heteroatoms. The van der Waals surface area contributed by atoms with Gasteiger partial charge in [0.15, 0.2) is 0 Å². The molecule has 0 fully saturated rings. The van der Waals surface area contributed by atoms with Gasteiger partial charge in [-0.3, -0.25) is 4.79 Å². The lowest BCUT2D eigenvalue weighted by molar-refractivity contribution is 0.0950. The molecular weight excluding hydrogens is 320 g/mol. The Bertz CT molecular complexity index is 629. The molecule has 4 nitrogen and oxygen atoms in total. The molecule has 0 bridgehead atoms. The van der Waals surface area contributed by atoms with E-state index in [0.717, 1.165) is 15.6 Å². The molecule has 1 amide bonds.